The van der Waals surface area contributed by atoms with Gasteiger partial charge < -0.3 is 5.32 Å². The first kappa shape index (κ1) is 18.1. The van der Waals surface area contributed by atoms with E-state index in [4.69, 9.17) is 11.6 Å². The number of benzene rings is 2. The quantitative estimate of drug-likeness (QED) is 0.482. The molecule has 0 saturated carbocycles. The highest BCUT2D eigenvalue weighted by Crippen LogP contribution is 2.24. The van der Waals surface area contributed by atoms with Gasteiger partial charge >= 0.3 is 0 Å². The van der Waals surface area contributed by atoms with Crippen molar-refractivity contribution in [3.05, 3.63) is 74.8 Å². The van der Waals surface area contributed by atoms with E-state index >= 15 is 0 Å². The molecule has 0 aromatic heterocycles. The molecule has 2 aromatic carbocycles. The molecule has 1 heterocycles. The average molecular weight is 389 g/mol. The molecule has 0 spiro atoms. The van der Waals surface area contributed by atoms with Crippen molar-refractivity contribution >= 4 is 46.3 Å². The third kappa shape index (κ3) is 4.68. The summed E-state index contributed by atoms with van der Waals surface area (Å²) in [6, 6.07) is 13.4. The Morgan fingerprint density at radius 1 is 1.27 bits per heavy atom. The molecule has 1 amide bonds. The van der Waals surface area contributed by atoms with Crippen molar-refractivity contribution < 1.29 is 9.72 Å². The van der Waals surface area contributed by atoms with Gasteiger partial charge in [-0.05, 0) is 24.1 Å². The van der Waals surface area contributed by atoms with Crippen LogP contribution in [0.5, 0.6) is 0 Å². The number of carbonyl (C=O) groups excluding carboxylic acids is 1. The van der Waals surface area contributed by atoms with Crippen LogP contribution in [-0.4, -0.2) is 27.5 Å². The summed E-state index contributed by atoms with van der Waals surface area (Å²) in [4.78, 5) is 22.3. The number of nitro benzene ring substituents is 1. The number of carbonyl (C=O) groups is 1. The number of nitro groups is 1. The van der Waals surface area contributed by atoms with Gasteiger partial charge in [0.05, 0.1) is 16.4 Å². The number of hydrogen-bond acceptors (Lipinski definition) is 6. The first-order valence-electron chi connectivity index (χ1n) is 7.59. The van der Waals surface area contributed by atoms with Crippen LogP contribution >= 0.6 is 23.4 Å². The predicted molar refractivity (Wildman–Crippen MR) is 103 cm³/mol. The SMILES string of the molecule is O=C1N/C(=N\N=C/c2cccc([N+](=O)[O-])c2)S[C@@H]1Cc1ccc(Cl)cc1. The molecule has 1 aliphatic heterocycles. The molecule has 26 heavy (non-hydrogen) atoms. The number of hydrogen-bond donors (Lipinski definition) is 1. The fourth-order valence-corrected chi connectivity index (χ4v) is 3.38. The van der Waals surface area contributed by atoms with Gasteiger partial charge in [0.2, 0.25) is 5.91 Å². The second kappa shape index (κ2) is 8.11. The molecule has 0 radical (unpaired) electrons. The minimum atomic E-state index is -0.475. The Labute approximate surface area is 158 Å². The molecule has 1 aliphatic rings. The monoisotopic (exact) mass is 388 g/mol. The highest BCUT2D eigenvalue weighted by molar-refractivity contribution is 8.15. The van der Waals surface area contributed by atoms with Crippen molar-refractivity contribution in [3.8, 4) is 0 Å². The maximum atomic E-state index is 12.0. The van der Waals surface area contributed by atoms with E-state index < -0.39 is 4.92 Å². The zero-order valence-corrected chi connectivity index (χ0v) is 14.9. The number of halogens is 1. The van der Waals surface area contributed by atoms with Gasteiger partial charge in [-0.1, -0.05) is 47.6 Å². The molecule has 1 atom stereocenters. The number of non-ortho nitro benzene ring substituents is 1. The zero-order valence-electron chi connectivity index (χ0n) is 13.3. The van der Waals surface area contributed by atoms with Crippen molar-refractivity contribution in [2.24, 2.45) is 10.2 Å². The molecule has 2 aromatic rings. The van der Waals surface area contributed by atoms with Crippen LogP contribution < -0.4 is 5.32 Å². The van der Waals surface area contributed by atoms with E-state index in [1.54, 1.807) is 24.3 Å². The van der Waals surface area contributed by atoms with Gasteiger partial charge in [-0.15, -0.1) is 5.10 Å². The maximum Gasteiger partial charge on any atom is 0.270 e. The van der Waals surface area contributed by atoms with Gasteiger partial charge in [-0.3, -0.25) is 14.9 Å². The minimum absolute atomic E-state index is 0.0202. The van der Waals surface area contributed by atoms with Gasteiger partial charge in [0.1, 0.15) is 0 Å². The third-order valence-corrected chi connectivity index (χ3v) is 4.87. The van der Waals surface area contributed by atoms with Crippen molar-refractivity contribution in [2.45, 2.75) is 11.7 Å². The largest absolute Gasteiger partial charge is 0.303 e. The van der Waals surface area contributed by atoms with Gasteiger partial charge in [0.15, 0.2) is 5.17 Å². The molecule has 1 saturated heterocycles. The Balaban J connectivity index is 1.63. The summed E-state index contributed by atoms with van der Waals surface area (Å²) in [6.07, 6.45) is 1.96. The number of nitrogens with one attached hydrogen (secondary N) is 1. The molecule has 3 rings (SSSR count). The van der Waals surface area contributed by atoms with E-state index in [0.29, 0.717) is 22.2 Å². The van der Waals surface area contributed by atoms with Crippen molar-refractivity contribution in [2.75, 3.05) is 0 Å². The van der Waals surface area contributed by atoms with E-state index in [1.807, 2.05) is 12.1 Å². The highest BCUT2D eigenvalue weighted by atomic mass is 35.5. The van der Waals surface area contributed by atoms with E-state index in [-0.39, 0.29) is 16.8 Å². The average Bonchev–Trinajstić information content (AvgIpc) is 2.97. The summed E-state index contributed by atoms with van der Waals surface area (Å²) in [5.41, 5.74) is 1.53. The van der Waals surface area contributed by atoms with Crippen LogP contribution in [0, 0.1) is 10.1 Å². The molecular weight excluding hydrogens is 376 g/mol. The Morgan fingerprint density at radius 3 is 2.77 bits per heavy atom. The van der Waals surface area contributed by atoms with Gasteiger partial charge in [-0.25, -0.2) is 0 Å². The fraction of sp³-hybridized carbons (Fsp3) is 0.118. The van der Waals surface area contributed by atoms with Gasteiger partial charge in [0, 0.05) is 22.7 Å². The Morgan fingerprint density at radius 2 is 2.04 bits per heavy atom. The lowest BCUT2D eigenvalue weighted by Gasteiger charge is -2.05. The molecule has 132 valence electrons. The lowest BCUT2D eigenvalue weighted by atomic mass is 10.1. The number of thioether (sulfide) groups is 1. The standard InChI is InChI=1S/C17H13ClN4O3S/c18-13-6-4-11(5-7-13)9-15-16(23)20-17(26-15)21-19-10-12-2-1-3-14(8-12)22(24)25/h1-8,10,15H,9H2,(H,20,21,23)/b19-10-/t15-/m1/s1. The van der Waals surface area contributed by atoms with E-state index in [0.717, 1.165) is 5.56 Å². The normalized spacial score (nSPS) is 18.4. The molecule has 9 heteroatoms. The van der Waals surface area contributed by atoms with Crippen LogP contribution in [0.4, 0.5) is 5.69 Å². The predicted octanol–water partition coefficient (Wildman–Crippen LogP) is 3.41. The van der Waals surface area contributed by atoms with Crippen LogP contribution in [0.2, 0.25) is 5.02 Å². The molecular formula is C17H13ClN4O3S. The summed E-state index contributed by atoms with van der Waals surface area (Å²) in [6.45, 7) is 0. The highest BCUT2D eigenvalue weighted by Gasteiger charge is 2.30. The van der Waals surface area contributed by atoms with Crippen molar-refractivity contribution in [3.63, 3.8) is 0 Å². The summed E-state index contributed by atoms with van der Waals surface area (Å²) < 4.78 is 0. The second-order valence-electron chi connectivity index (χ2n) is 5.43. The van der Waals surface area contributed by atoms with Crippen LogP contribution in [-0.2, 0) is 11.2 Å². The third-order valence-electron chi connectivity index (χ3n) is 3.55. The van der Waals surface area contributed by atoms with E-state index in [9.17, 15) is 14.9 Å². The molecule has 7 nitrogen and oxygen atoms in total. The summed E-state index contributed by atoms with van der Waals surface area (Å²) >= 11 is 7.15. The molecule has 0 unspecified atom stereocenters. The molecule has 1 fully saturated rings. The van der Waals surface area contributed by atoms with Gasteiger partial charge in [0.25, 0.3) is 5.69 Å². The lowest BCUT2D eigenvalue weighted by molar-refractivity contribution is -0.384. The summed E-state index contributed by atoms with van der Waals surface area (Å²) in [5, 5.41) is 22.1. The van der Waals surface area contributed by atoms with Crippen molar-refractivity contribution in [1.29, 1.82) is 0 Å². The minimum Gasteiger partial charge on any atom is -0.303 e. The topological polar surface area (TPSA) is 97.0 Å². The van der Waals surface area contributed by atoms with E-state index in [1.165, 1.54) is 30.1 Å². The Hall–Kier alpha value is -2.71. The first-order chi connectivity index (χ1) is 12.5. The summed E-state index contributed by atoms with van der Waals surface area (Å²) in [7, 11) is 0. The number of nitrogens with zero attached hydrogens (tertiary/aromatic N) is 3. The smallest absolute Gasteiger partial charge is 0.270 e. The zero-order chi connectivity index (χ0) is 18.5. The number of amidine groups is 1. The Kier molecular flexibility index (Phi) is 5.65. The fourth-order valence-electron chi connectivity index (χ4n) is 2.29. The van der Waals surface area contributed by atoms with Crippen LogP contribution in [0.1, 0.15) is 11.1 Å². The summed E-state index contributed by atoms with van der Waals surface area (Å²) in [5.74, 6) is -0.130. The first-order valence-corrected chi connectivity index (χ1v) is 8.84. The number of rotatable bonds is 5. The Bertz CT molecular complexity index is 899. The van der Waals surface area contributed by atoms with Crippen LogP contribution in [0.25, 0.3) is 0 Å². The molecule has 0 aliphatic carbocycles. The molecule has 1 N–H and O–H groups in total. The van der Waals surface area contributed by atoms with Crippen LogP contribution in [0.15, 0.2) is 58.7 Å². The van der Waals surface area contributed by atoms with Crippen LogP contribution in [0.3, 0.4) is 0 Å². The number of amides is 1. The maximum absolute atomic E-state index is 12.0. The second-order valence-corrected chi connectivity index (χ2v) is 7.06. The van der Waals surface area contributed by atoms with Crippen molar-refractivity contribution in [1.82, 2.24) is 5.32 Å². The lowest BCUT2D eigenvalue weighted by Crippen LogP contribution is -2.25. The molecule has 0 bridgehead atoms. The van der Waals surface area contributed by atoms with Gasteiger partial charge in [-0.2, -0.15) is 5.10 Å². The van der Waals surface area contributed by atoms with E-state index in [2.05, 4.69) is 15.5 Å².